The van der Waals surface area contributed by atoms with Crippen molar-refractivity contribution < 1.29 is 4.79 Å². The molecule has 0 aliphatic heterocycles. The smallest absolute Gasteiger partial charge is 0.230 e. The molecule has 0 bridgehead atoms. The van der Waals surface area contributed by atoms with E-state index in [1.54, 1.807) is 11.9 Å². The van der Waals surface area contributed by atoms with Crippen molar-refractivity contribution in [2.45, 2.75) is 52.0 Å². The van der Waals surface area contributed by atoms with Crippen molar-refractivity contribution in [3.8, 4) is 0 Å². The van der Waals surface area contributed by atoms with Gasteiger partial charge in [-0.05, 0) is 37.3 Å². The maximum absolute atomic E-state index is 12.7. The van der Waals surface area contributed by atoms with Crippen molar-refractivity contribution in [1.82, 2.24) is 15.5 Å². The Hall–Kier alpha value is -2.04. The Morgan fingerprint density at radius 1 is 1.23 bits per heavy atom. The zero-order valence-electron chi connectivity index (χ0n) is 16.9. The van der Waals surface area contributed by atoms with Crippen LogP contribution in [0.15, 0.2) is 29.3 Å². The molecular formula is C21H34N4O. The molecule has 1 fully saturated rings. The number of guanidine groups is 1. The van der Waals surface area contributed by atoms with E-state index >= 15 is 0 Å². The highest BCUT2D eigenvalue weighted by Gasteiger charge is 2.42. The minimum atomic E-state index is -0.298. The minimum Gasteiger partial charge on any atom is -0.355 e. The van der Waals surface area contributed by atoms with Gasteiger partial charge in [-0.3, -0.25) is 9.79 Å². The number of carbonyl (C=O) groups is 1. The number of carbonyl (C=O) groups excluding carboxylic acids is 1. The molecule has 2 rings (SSSR count). The van der Waals surface area contributed by atoms with Crippen LogP contribution in [0.25, 0.3) is 0 Å². The largest absolute Gasteiger partial charge is 0.355 e. The summed E-state index contributed by atoms with van der Waals surface area (Å²) in [5.41, 5.74) is 2.27. The fourth-order valence-corrected chi connectivity index (χ4v) is 3.77. The predicted molar refractivity (Wildman–Crippen MR) is 108 cm³/mol. The summed E-state index contributed by atoms with van der Waals surface area (Å²) in [6, 6.07) is 8.83. The third kappa shape index (κ3) is 4.77. The molecule has 1 amide bonds. The molecule has 26 heavy (non-hydrogen) atoms. The van der Waals surface area contributed by atoms with Gasteiger partial charge in [0.25, 0.3) is 0 Å². The van der Waals surface area contributed by atoms with Crippen LogP contribution < -0.4 is 10.6 Å². The van der Waals surface area contributed by atoms with Gasteiger partial charge in [0.15, 0.2) is 5.96 Å². The molecule has 1 saturated carbocycles. The van der Waals surface area contributed by atoms with Gasteiger partial charge in [-0.1, -0.05) is 44.0 Å². The van der Waals surface area contributed by atoms with Crippen LogP contribution in [0.3, 0.4) is 0 Å². The molecule has 5 heteroatoms. The Labute approximate surface area is 158 Å². The lowest BCUT2D eigenvalue weighted by Crippen LogP contribution is -2.49. The molecule has 0 radical (unpaired) electrons. The highest BCUT2D eigenvalue weighted by atomic mass is 16.2. The molecule has 1 aliphatic rings. The number of aliphatic imine (C=N–C) groups is 1. The lowest BCUT2D eigenvalue weighted by Gasteiger charge is -2.31. The van der Waals surface area contributed by atoms with Crippen molar-refractivity contribution >= 4 is 11.9 Å². The van der Waals surface area contributed by atoms with Crippen LogP contribution in [0, 0.1) is 5.41 Å². The molecule has 2 N–H and O–H groups in total. The quantitative estimate of drug-likeness (QED) is 0.607. The first-order valence-corrected chi connectivity index (χ1v) is 9.69. The molecule has 0 aromatic heterocycles. The highest BCUT2D eigenvalue weighted by Crippen LogP contribution is 2.38. The molecule has 144 valence electrons. The van der Waals surface area contributed by atoms with Crippen LogP contribution in [0.2, 0.25) is 0 Å². The summed E-state index contributed by atoms with van der Waals surface area (Å²) in [4.78, 5) is 18.8. The predicted octanol–water partition coefficient (Wildman–Crippen LogP) is 3.12. The summed E-state index contributed by atoms with van der Waals surface area (Å²) >= 11 is 0. The van der Waals surface area contributed by atoms with E-state index in [1.807, 2.05) is 14.1 Å². The molecular weight excluding hydrogens is 324 g/mol. The standard InChI is InChI=1S/C21H34N4O/c1-6-17-9-11-18(12-10-17)16(2)24-20(22-3)23-15-21(13-7-8-14-21)19(26)25(4)5/h9-12,16H,6-8,13-15H2,1-5H3,(H2,22,23,24). The molecule has 1 aliphatic carbocycles. The second-order valence-electron chi connectivity index (χ2n) is 7.57. The third-order valence-electron chi connectivity index (χ3n) is 5.48. The number of amides is 1. The van der Waals surface area contributed by atoms with Gasteiger partial charge in [0.1, 0.15) is 0 Å². The van der Waals surface area contributed by atoms with E-state index in [4.69, 9.17) is 0 Å². The van der Waals surface area contributed by atoms with Crippen LogP contribution in [0.5, 0.6) is 0 Å². The van der Waals surface area contributed by atoms with E-state index in [0.717, 1.165) is 38.1 Å². The molecule has 0 saturated heterocycles. The van der Waals surface area contributed by atoms with Crippen molar-refractivity contribution in [3.05, 3.63) is 35.4 Å². The van der Waals surface area contributed by atoms with E-state index < -0.39 is 0 Å². The fraction of sp³-hybridized carbons (Fsp3) is 0.619. The summed E-state index contributed by atoms with van der Waals surface area (Å²) in [6.07, 6.45) is 5.18. The Morgan fingerprint density at radius 3 is 2.35 bits per heavy atom. The van der Waals surface area contributed by atoms with Gasteiger partial charge in [-0.25, -0.2) is 0 Å². The molecule has 1 aromatic rings. The van der Waals surface area contributed by atoms with E-state index in [9.17, 15) is 4.79 Å². The minimum absolute atomic E-state index is 0.149. The van der Waals surface area contributed by atoms with Crippen molar-refractivity contribution in [2.24, 2.45) is 10.4 Å². The number of rotatable bonds is 6. The number of benzene rings is 1. The van der Waals surface area contributed by atoms with E-state index in [2.05, 4.69) is 53.7 Å². The van der Waals surface area contributed by atoms with Crippen LogP contribution in [-0.4, -0.2) is 44.5 Å². The summed E-state index contributed by atoms with van der Waals surface area (Å²) < 4.78 is 0. The van der Waals surface area contributed by atoms with E-state index in [-0.39, 0.29) is 17.4 Å². The number of hydrogen-bond donors (Lipinski definition) is 2. The fourth-order valence-electron chi connectivity index (χ4n) is 3.77. The van der Waals surface area contributed by atoms with Gasteiger partial charge < -0.3 is 15.5 Å². The zero-order valence-corrected chi connectivity index (χ0v) is 16.9. The topological polar surface area (TPSA) is 56.7 Å². The summed E-state index contributed by atoms with van der Waals surface area (Å²) in [5, 5.41) is 6.85. The average molecular weight is 359 g/mol. The number of nitrogens with one attached hydrogen (secondary N) is 2. The SMILES string of the molecule is CCc1ccc(C(C)NC(=NC)NCC2(C(=O)N(C)C)CCCC2)cc1. The number of hydrogen-bond acceptors (Lipinski definition) is 2. The zero-order chi connectivity index (χ0) is 19.2. The lowest BCUT2D eigenvalue weighted by atomic mass is 9.84. The van der Waals surface area contributed by atoms with Crippen molar-refractivity contribution in [2.75, 3.05) is 27.7 Å². The molecule has 1 unspecified atom stereocenters. The average Bonchev–Trinajstić information content (AvgIpc) is 3.14. The van der Waals surface area contributed by atoms with E-state index in [1.165, 1.54) is 11.1 Å². The second kappa shape index (κ2) is 9.06. The number of aryl methyl sites for hydroxylation is 1. The Morgan fingerprint density at radius 2 is 1.85 bits per heavy atom. The summed E-state index contributed by atoms with van der Waals surface area (Å²) in [5.74, 6) is 0.969. The highest BCUT2D eigenvalue weighted by molar-refractivity contribution is 5.85. The summed E-state index contributed by atoms with van der Waals surface area (Å²) in [6.45, 7) is 4.92. The monoisotopic (exact) mass is 358 g/mol. The first-order valence-electron chi connectivity index (χ1n) is 9.69. The maximum Gasteiger partial charge on any atom is 0.230 e. The van der Waals surface area contributed by atoms with Crippen LogP contribution in [0.1, 0.15) is 56.7 Å². The van der Waals surface area contributed by atoms with Gasteiger partial charge in [-0.15, -0.1) is 0 Å². The number of nitrogens with zero attached hydrogens (tertiary/aromatic N) is 2. The van der Waals surface area contributed by atoms with Gasteiger partial charge >= 0.3 is 0 Å². The molecule has 5 nitrogen and oxygen atoms in total. The lowest BCUT2D eigenvalue weighted by molar-refractivity contribution is -0.138. The Bertz CT molecular complexity index is 615. The van der Waals surface area contributed by atoms with Gasteiger partial charge in [0.2, 0.25) is 5.91 Å². The van der Waals surface area contributed by atoms with Crippen LogP contribution >= 0.6 is 0 Å². The first kappa shape index (κ1) is 20.3. The molecule has 1 atom stereocenters. The van der Waals surface area contributed by atoms with Gasteiger partial charge in [-0.2, -0.15) is 0 Å². The Kier molecular flexibility index (Phi) is 7.06. The van der Waals surface area contributed by atoms with Gasteiger partial charge in [0.05, 0.1) is 11.5 Å². The van der Waals surface area contributed by atoms with Gasteiger partial charge in [0, 0.05) is 27.7 Å². The summed E-state index contributed by atoms with van der Waals surface area (Å²) in [7, 11) is 5.46. The first-order chi connectivity index (χ1) is 12.4. The Balaban J connectivity index is 1.98. The van der Waals surface area contributed by atoms with Crippen molar-refractivity contribution in [3.63, 3.8) is 0 Å². The molecule has 1 aromatic carbocycles. The van der Waals surface area contributed by atoms with Crippen molar-refractivity contribution in [1.29, 1.82) is 0 Å². The second-order valence-corrected chi connectivity index (χ2v) is 7.57. The normalized spacial score (nSPS) is 17.7. The molecule has 0 spiro atoms. The molecule has 0 heterocycles. The van der Waals surface area contributed by atoms with Crippen LogP contribution in [-0.2, 0) is 11.2 Å². The third-order valence-corrected chi connectivity index (χ3v) is 5.48. The maximum atomic E-state index is 12.7. The van der Waals surface area contributed by atoms with E-state index in [0.29, 0.717) is 6.54 Å². The van der Waals surface area contributed by atoms with Crippen LogP contribution in [0.4, 0.5) is 0 Å².